The van der Waals surface area contributed by atoms with E-state index >= 15 is 0 Å². The zero-order valence-corrected chi connectivity index (χ0v) is 12.2. The highest BCUT2D eigenvalue weighted by Crippen LogP contribution is 2.26. The largest absolute Gasteiger partial charge is 0.469 e. The lowest BCUT2D eigenvalue weighted by atomic mass is 10.3. The number of fused-ring (bicyclic) bond motifs is 1. The predicted octanol–water partition coefficient (Wildman–Crippen LogP) is 3.55. The third kappa shape index (κ3) is 3.01. The Bertz CT molecular complexity index is 608. The number of aromatic nitrogens is 2. The summed E-state index contributed by atoms with van der Waals surface area (Å²) in [6.07, 6.45) is 0.279. The number of carbonyl (C=O) groups excluding carboxylic acids is 1. The molecule has 0 aliphatic carbocycles. The second kappa shape index (κ2) is 5.80. The molecule has 6 heteroatoms. The summed E-state index contributed by atoms with van der Waals surface area (Å²) in [5, 5.41) is 0.378. The number of hydrogen-bond acceptors (Lipinski definition) is 3. The minimum atomic E-state index is -0.260. The molecule has 0 saturated heterocycles. The van der Waals surface area contributed by atoms with Gasteiger partial charge in [-0.2, -0.15) is 0 Å². The first-order chi connectivity index (χ1) is 9.02. The molecular weight excluding hydrogens is 287 g/mol. The summed E-state index contributed by atoms with van der Waals surface area (Å²) < 4.78 is 6.58. The van der Waals surface area contributed by atoms with Crippen LogP contribution in [0.2, 0.25) is 5.02 Å². The van der Waals surface area contributed by atoms with Crippen LogP contribution in [0.25, 0.3) is 11.0 Å². The molecule has 19 heavy (non-hydrogen) atoms. The number of aryl methyl sites for hydroxylation is 1. The van der Waals surface area contributed by atoms with Crippen LogP contribution < -0.4 is 0 Å². The van der Waals surface area contributed by atoms with Crippen LogP contribution in [0.3, 0.4) is 0 Å². The van der Waals surface area contributed by atoms with Crippen LogP contribution in [0.15, 0.2) is 18.2 Å². The molecule has 1 unspecified atom stereocenters. The van der Waals surface area contributed by atoms with Gasteiger partial charge in [-0.3, -0.25) is 4.79 Å². The van der Waals surface area contributed by atoms with E-state index in [2.05, 4.69) is 9.72 Å². The Hall–Kier alpha value is -1.26. The lowest BCUT2D eigenvalue weighted by molar-refractivity contribution is -0.140. The van der Waals surface area contributed by atoms with Crippen LogP contribution in [-0.2, 0) is 16.1 Å². The van der Waals surface area contributed by atoms with E-state index in [1.807, 2.05) is 17.6 Å². The molecule has 2 rings (SSSR count). The van der Waals surface area contributed by atoms with Crippen molar-refractivity contribution in [1.82, 2.24) is 9.55 Å². The first kappa shape index (κ1) is 14.2. The smallest absolute Gasteiger partial charge is 0.307 e. The number of alkyl halides is 1. The Morgan fingerprint density at radius 2 is 2.26 bits per heavy atom. The van der Waals surface area contributed by atoms with Crippen molar-refractivity contribution in [3.8, 4) is 0 Å². The van der Waals surface area contributed by atoms with Gasteiger partial charge in [0, 0.05) is 11.6 Å². The van der Waals surface area contributed by atoms with Gasteiger partial charge in [-0.1, -0.05) is 11.6 Å². The third-order valence-electron chi connectivity index (χ3n) is 2.86. The fourth-order valence-electron chi connectivity index (χ4n) is 1.97. The first-order valence-electron chi connectivity index (χ1n) is 5.89. The van der Waals surface area contributed by atoms with E-state index < -0.39 is 0 Å². The molecule has 1 heterocycles. The van der Waals surface area contributed by atoms with Gasteiger partial charge in [0.1, 0.15) is 5.82 Å². The second-order valence-corrected chi connectivity index (χ2v) is 5.29. The normalized spacial score (nSPS) is 12.6. The van der Waals surface area contributed by atoms with Crippen LogP contribution in [0, 0.1) is 0 Å². The summed E-state index contributed by atoms with van der Waals surface area (Å²) in [5.74, 6) is 0.465. The maximum absolute atomic E-state index is 11.3. The van der Waals surface area contributed by atoms with Crippen molar-refractivity contribution in [2.24, 2.45) is 0 Å². The van der Waals surface area contributed by atoms with Gasteiger partial charge in [0.05, 0.1) is 29.9 Å². The van der Waals surface area contributed by atoms with Gasteiger partial charge in [-0.25, -0.2) is 4.98 Å². The number of rotatable bonds is 4. The number of esters is 1. The van der Waals surface area contributed by atoms with E-state index in [1.54, 1.807) is 12.1 Å². The molecular formula is C13H14Cl2N2O2. The lowest BCUT2D eigenvalue weighted by Gasteiger charge is -2.09. The summed E-state index contributed by atoms with van der Waals surface area (Å²) >= 11 is 12.1. The number of carbonyl (C=O) groups is 1. The molecule has 0 amide bonds. The van der Waals surface area contributed by atoms with Gasteiger partial charge in [0.15, 0.2) is 0 Å². The quantitative estimate of drug-likeness (QED) is 0.640. The van der Waals surface area contributed by atoms with E-state index in [1.165, 1.54) is 7.11 Å². The molecule has 1 atom stereocenters. The van der Waals surface area contributed by atoms with E-state index in [4.69, 9.17) is 23.2 Å². The Balaban J connectivity index is 2.43. The lowest BCUT2D eigenvalue weighted by Crippen LogP contribution is -2.10. The van der Waals surface area contributed by atoms with Crippen LogP contribution in [0.5, 0.6) is 0 Å². The summed E-state index contributed by atoms with van der Waals surface area (Å²) in [4.78, 5) is 15.7. The van der Waals surface area contributed by atoms with Crippen LogP contribution in [0.1, 0.15) is 24.5 Å². The minimum absolute atomic E-state index is 0.246. The van der Waals surface area contributed by atoms with Crippen molar-refractivity contribution < 1.29 is 9.53 Å². The fourth-order valence-corrected chi connectivity index (χ4v) is 2.30. The summed E-state index contributed by atoms with van der Waals surface area (Å²) in [5.41, 5.74) is 1.69. The molecule has 0 aliphatic heterocycles. The Morgan fingerprint density at radius 3 is 2.89 bits per heavy atom. The molecule has 1 aromatic heterocycles. The van der Waals surface area contributed by atoms with Gasteiger partial charge in [0.25, 0.3) is 0 Å². The molecule has 0 fully saturated rings. The number of nitrogens with zero attached hydrogens (tertiary/aromatic N) is 2. The number of benzene rings is 1. The van der Waals surface area contributed by atoms with Gasteiger partial charge in [0.2, 0.25) is 0 Å². The standard InChI is InChI=1S/C13H14Cl2N2O2/c1-8(14)13-16-10-7-9(15)3-4-11(10)17(13)6-5-12(18)19-2/h3-4,7-8H,5-6H2,1-2H3. The zero-order chi connectivity index (χ0) is 14.0. The fraction of sp³-hybridized carbons (Fsp3) is 0.385. The Labute approximate surface area is 121 Å². The van der Waals surface area contributed by atoms with Gasteiger partial charge in [-0.15, -0.1) is 11.6 Å². The van der Waals surface area contributed by atoms with Crippen molar-refractivity contribution in [3.63, 3.8) is 0 Å². The number of hydrogen-bond donors (Lipinski definition) is 0. The average Bonchev–Trinajstić information content (AvgIpc) is 2.73. The second-order valence-electron chi connectivity index (χ2n) is 4.20. The van der Waals surface area contributed by atoms with Gasteiger partial charge >= 0.3 is 5.97 Å². The minimum Gasteiger partial charge on any atom is -0.469 e. The van der Waals surface area contributed by atoms with E-state index in [9.17, 15) is 4.79 Å². The molecule has 0 aliphatic rings. The van der Waals surface area contributed by atoms with Crippen LogP contribution in [0.4, 0.5) is 0 Å². The van der Waals surface area contributed by atoms with Crippen molar-refractivity contribution in [3.05, 3.63) is 29.0 Å². The molecule has 2 aromatic rings. The van der Waals surface area contributed by atoms with E-state index in [-0.39, 0.29) is 17.8 Å². The monoisotopic (exact) mass is 300 g/mol. The summed E-state index contributed by atoms with van der Waals surface area (Å²) in [6.45, 7) is 2.33. The predicted molar refractivity (Wildman–Crippen MR) is 75.6 cm³/mol. The average molecular weight is 301 g/mol. The number of imidazole rings is 1. The molecule has 0 saturated carbocycles. The molecule has 0 N–H and O–H groups in total. The highest BCUT2D eigenvalue weighted by atomic mass is 35.5. The molecule has 4 nitrogen and oxygen atoms in total. The Morgan fingerprint density at radius 1 is 1.53 bits per heavy atom. The summed E-state index contributed by atoms with van der Waals surface area (Å²) in [7, 11) is 1.37. The zero-order valence-electron chi connectivity index (χ0n) is 10.7. The van der Waals surface area contributed by atoms with E-state index in [0.717, 1.165) is 16.9 Å². The van der Waals surface area contributed by atoms with Crippen LogP contribution in [-0.4, -0.2) is 22.6 Å². The molecule has 0 radical (unpaired) electrons. The van der Waals surface area contributed by atoms with Crippen molar-refractivity contribution in [2.45, 2.75) is 25.3 Å². The number of methoxy groups -OCH3 is 1. The van der Waals surface area contributed by atoms with Gasteiger partial charge in [-0.05, 0) is 25.1 Å². The molecule has 1 aromatic carbocycles. The van der Waals surface area contributed by atoms with Gasteiger partial charge < -0.3 is 9.30 Å². The number of halogens is 2. The maximum Gasteiger partial charge on any atom is 0.307 e. The van der Waals surface area contributed by atoms with Crippen LogP contribution >= 0.6 is 23.2 Å². The van der Waals surface area contributed by atoms with Crippen molar-refractivity contribution in [2.75, 3.05) is 7.11 Å². The van der Waals surface area contributed by atoms with E-state index in [0.29, 0.717) is 11.6 Å². The highest BCUT2D eigenvalue weighted by molar-refractivity contribution is 6.31. The molecule has 102 valence electrons. The maximum atomic E-state index is 11.3. The van der Waals surface area contributed by atoms with Crippen molar-refractivity contribution in [1.29, 1.82) is 0 Å². The topological polar surface area (TPSA) is 44.1 Å². The van der Waals surface area contributed by atoms with Crippen molar-refractivity contribution >= 4 is 40.2 Å². The SMILES string of the molecule is COC(=O)CCn1c(C(C)Cl)nc2cc(Cl)ccc21. The molecule has 0 spiro atoms. The molecule has 0 bridgehead atoms. The Kier molecular flexibility index (Phi) is 4.32. The number of ether oxygens (including phenoxy) is 1. The highest BCUT2D eigenvalue weighted by Gasteiger charge is 2.16. The first-order valence-corrected chi connectivity index (χ1v) is 6.71. The third-order valence-corrected chi connectivity index (χ3v) is 3.29. The summed E-state index contributed by atoms with van der Waals surface area (Å²) in [6, 6.07) is 5.46.